The van der Waals surface area contributed by atoms with Gasteiger partial charge in [-0.2, -0.15) is 0 Å². The number of fused-ring (bicyclic) bond motifs is 7. The van der Waals surface area contributed by atoms with Crippen molar-refractivity contribution in [3.8, 4) is 22.3 Å². The number of benzene rings is 3. The number of nitrogens with zero attached hydrogens (tertiary/aromatic N) is 2. The second-order valence-corrected chi connectivity index (χ2v) is 20.1. The van der Waals surface area contributed by atoms with Crippen molar-refractivity contribution in [2.24, 2.45) is 10.4 Å². The molecule has 3 fully saturated rings. The summed E-state index contributed by atoms with van der Waals surface area (Å²) in [6.45, 7) is 5.94. The second-order valence-electron chi connectivity index (χ2n) is 20.1. The molecule has 3 heterocycles. The molecule has 13 heteroatoms. The highest BCUT2D eigenvalue weighted by atomic mass is 16.5. The van der Waals surface area contributed by atoms with Crippen LogP contribution in [0.15, 0.2) is 47.5 Å². The predicted octanol–water partition coefficient (Wildman–Crippen LogP) is 7.53. The highest BCUT2D eigenvalue weighted by Crippen LogP contribution is 2.60. The number of ether oxygens (including phenoxy) is 2. The average Bonchev–Trinajstić information content (AvgIpc) is 4.19. The lowest BCUT2D eigenvalue weighted by molar-refractivity contribution is -0.134. The Balaban J connectivity index is 0.884. The van der Waals surface area contributed by atoms with E-state index >= 15 is 0 Å². The fourth-order valence-electron chi connectivity index (χ4n) is 12.9. The molecule has 2 bridgehead atoms. The minimum Gasteiger partial charge on any atom is -0.453 e. The van der Waals surface area contributed by atoms with Gasteiger partial charge >= 0.3 is 6.09 Å². The Hall–Kier alpha value is -4.98. The number of rotatable bonds is 15. The lowest BCUT2D eigenvalue weighted by atomic mass is 9.79. The number of unbranched alkanes of at least 4 members (excludes halogenated alkanes) is 1. The zero-order chi connectivity index (χ0) is 44.8. The van der Waals surface area contributed by atoms with Crippen molar-refractivity contribution in [1.82, 2.24) is 26.2 Å². The molecule has 13 nitrogen and oxygen atoms in total. The number of nitrogens with one attached hydrogen (secondary N) is 6. The van der Waals surface area contributed by atoms with E-state index in [4.69, 9.17) is 14.5 Å². The van der Waals surface area contributed by atoms with E-state index in [-0.39, 0.29) is 36.2 Å². The van der Waals surface area contributed by atoms with E-state index in [1.54, 1.807) is 30.7 Å². The van der Waals surface area contributed by atoms with Crippen LogP contribution < -0.4 is 31.9 Å². The minimum absolute atomic E-state index is 0.000584. The SMILES string of the molecule is COCNC(C)C(=O)NCCCCC1Nc2ccc(-c3ccc(-c4ccc(C5=NC(C6CCCN6C(=O)C(C)NC(=O)OC)NC5)c5c4CC4(CCCC4)C5)c4c3C3CCC4C3)cc2N1. The van der Waals surface area contributed by atoms with Crippen molar-refractivity contribution < 1.29 is 23.9 Å². The molecular formula is C52H68N8O5. The fourth-order valence-corrected chi connectivity index (χ4v) is 12.9. The summed E-state index contributed by atoms with van der Waals surface area (Å²) in [7, 11) is 2.93. The van der Waals surface area contributed by atoms with Crippen LogP contribution in [-0.2, 0) is 31.9 Å². The van der Waals surface area contributed by atoms with Crippen molar-refractivity contribution in [2.45, 2.75) is 146 Å². The molecule has 3 aromatic rings. The number of anilines is 2. The molecule has 3 aliphatic heterocycles. The number of hydrogen-bond acceptors (Lipinski definition) is 10. The molecule has 10 rings (SSSR count). The summed E-state index contributed by atoms with van der Waals surface area (Å²) in [5, 5.41) is 19.9. The summed E-state index contributed by atoms with van der Waals surface area (Å²) >= 11 is 0. The van der Waals surface area contributed by atoms with Crippen LogP contribution >= 0.6 is 0 Å². The summed E-state index contributed by atoms with van der Waals surface area (Å²) in [6, 6.07) is 15.6. The standard InChI is InChI=1S/C52H68N8O5/c1-30(55-29-64-3)49(61)53-22-8-5-11-45-57-41-19-14-32(25-42(41)58-45)35-15-18-38(47-34-13-12-33(24-34)46(35)47)36-16-17-37(40-27-52(26-39(36)40)20-6-7-21-52)43-28-54-48(59-43)44-10-9-23-60(44)50(62)31(2)56-51(63)65-4/h14-19,25,30-31,33-34,44-45,48,54-55,57-58H,5-13,20-24,26-29H2,1-4H3,(H,53,61)(H,56,63). The van der Waals surface area contributed by atoms with Gasteiger partial charge in [0, 0.05) is 32.3 Å². The molecule has 7 unspecified atom stereocenters. The zero-order valence-electron chi connectivity index (χ0n) is 38.7. The van der Waals surface area contributed by atoms with Crippen LogP contribution in [0.1, 0.15) is 131 Å². The van der Waals surface area contributed by atoms with Gasteiger partial charge < -0.3 is 35.6 Å². The normalized spacial score (nSPS) is 25.1. The summed E-state index contributed by atoms with van der Waals surface area (Å²) in [4.78, 5) is 45.1. The van der Waals surface area contributed by atoms with Gasteiger partial charge in [0.05, 0.1) is 49.2 Å². The molecule has 6 N–H and O–H groups in total. The van der Waals surface area contributed by atoms with Gasteiger partial charge in [-0.3, -0.25) is 25.2 Å². The Morgan fingerprint density at radius 3 is 2.35 bits per heavy atom. The first-order valence-electron chi connectivity index (χ1n) is 24.6. The van der Waals surface area contributed by atoms with Gasteiger partial charge in [0.15, 0.2) is 0 Å². The molecule has 3 aromatic carbocycles. The van der Waals surface area contributed by atoms with Crippen LogP contribution in [0.2, 0.25) is 0 Å². The van der Waals surface area contributed by atoms with E-state index in [9.17, 15) is 14.4 Å². The lowest BCUT2D eigenvalue weighted by Gasteiger charge is -2.30. The van der Waals surface area contributed by atoms with Gasteiger partial charge in [0.1, 0.15) is 12.2 Å². The van der Waals surface area contributed by atoms with E-state index in [0.29, 0.717) is 43.6 Å². The molecule has 1 saturated heterocycles. The molecule has 0 radical (unpaired) electrons. The molecule has 65 heavy (non-hydrogen) atoms. The van der Waals surface area contributed by atoms with E-state index in [2.05, 4.69) is 74.4 Å². The van der Waals surface area contributed by atoms with Crippen molar-refractivity contribution in [2.75, 3.05) is 51.2 Å². The van der Waals surface area contributed by atoms with E-state index in [1.165, 1.54) is 91.1 Å². The maximum Gasteiger partial charge on any atom is 0.407 e. The van der Waals surface area contributed by atoms with Crippen LogP contribution in [0, 0.1) is 5.41 Å². The smallest absolute Gasteiger partial charge is 0.407 e. The molecule has 3 amide bonds. The van der Waals surface area contributed by atoms with Crippen LogP contribution in [0.4, 0.5) is 16.2 Å². The first-order valence-corrected chi connectivity index (χ1v) is 24.6. The second kappa shape index (κ2) is 18.4. The molecule has 4 aliphatic carbocycles. The van der Waals surface area contributed by atoms with Gasteiger partial charge in [0.25, 0.3) is 0 Å². The Morgan fingerprint density at radius 1 is 0.846 bits per heavy atom. The minimum atomic E-state index is -0.665. The van der Waals surface area contributed by atoms with E-state index in [0.717, 1.165) is 56.3 Å². The van der Waals surface area contributed by atoms with Crippen LogP contribution in [0.3, 0.4) is 0 Å². The largest absolute Gasteiger partial charge is 0.453 e. The highest BCUT2D eigenvalue weighted by Gasteiger charge is 2.45. The van der Waals surface area contributed by atoms with Crippen molar-refractivity contribution in [3.05, 3.63) is 70.3 Å². The van der Waals surface area contributed by atoms with Crippen LogP contribution in [0.25, 0.3) is 22.3 Å². The van der Waals surface area contributed by atoms with Crippen molar-refractivity contribution in [1.29, 1.82) is 0 Å². The maximum absolute atomic E-state index is 13.5. The Bertz CT molecular complexity index is 2360. The first kappa shape index (κ1) is 43.9. The maximum atomic E-state index is 13.5. The van der Waals surface area contributed by atoms with Crippen LogP contribution in [0.5, 0.6) is 0 Å². The zero-order valence-corrected chi connectivity index (χ0v) is 38.7. The number of carbonyl (C=O) groups is 3. The topological polar surface area (TPSA) is 157 Å². The predicted molar refractivity (Wildman–Crippen MR) is 255 cm³/mol. The molecule has 7 aliphatic rings. The molecule has 2 saturated carbocycles. The van der Waals surface area contributed by atoms with Gasteiger partial charge in [-0.1, -0.05) is 43.2 Å². The quantitative estimate of drug-likeness (QED) is 0.0671. The first-order chi connectivity index (χ1) is 31.6. The molecular weight excluding hydrogens is 817 g/mol. The van der Waals surface area contributed by atoms with Gasteiger partial charge in [-0.05, 0) is 165 Å². The third kappa shape index (κ3) is 8.41. The number of hydrogen-bond donors (Lipinski definition) is 6. The summed E-state index contributed by atoms with van der Waals surface area (Å²) in [6.07, 6.45) is 15.3. The lowest BCUT2D eigenvalue weighted by Crippen LogP contribution is -2.52. The summed E-state index contributed by atoms with van der Waals surface area (Å²) in [5.74, 6) is 1.11. The molecule has 7 atom stereocenters. The van der Waals surface area contributed by atoms with Crippen molar-refractivity contribution in [3.63, 3.8) is 0 Å². The Kier molecular flexibility index (Phi) is 12.4. The third-order valence-corrected chi connectivity index (χ3v) is 16.1. The number of alkyl carbamates (subject to hydrolysis) is 1. The molecule has 0 aromatic heterocycles. The Labute approximate surface area is 384 Å². The average molecular weight is 885 g/mol. The van der Waals surface area contributed by atoms with Crippen LogP contribution in [-0.4, -0.2) is 99.6 Å². The number of methoxy groups -OCH3 is 2. The number of likely N-dealkylation sites (tertiary alicyclic amines) is 1. The van der Waals surface area contributed by atoms with Gasteiger partial charge in [-0.15, -0.1) is 0 Å². The highest BCUT2D eigenvalue weighted by molar-refractivity contribution is 6.05. The molecule has 346 valence electrons. The van der Waals surface area contributed by atoms with E-state index < -0.39 is 12.1 Å². The number of aliphatic imine (C=N–C) groups is 1. The summed E-state index contributed by atoms with van der Waals surface area (Å²) < 4.78 is 9.79. The Morgan fingerprint density at radius 2 is 1.57 bits per heavy atom. The number of carbonyl (C=O) groups excluding carboxylic acids is 3. The van der Waals surface area contributed by atoms with E-state index in [1.807, 2.05) is 11.8 Å². The van der Waals surface area contributed by atoms with Gasteiger partial charge in [-0.25, -0.2) is 4.79 Å². The summed E-state index contributed by atoms with van der Waals surface area (Å²) in [5.41, 5.74) is 16.8. The monoisotopic (exact) mass is 885 g/mol. The van der Waals surface area contributed by atoms with Crippen molar-refractivity contribution >= 4 is 35.0 Å². The van der Waals surface area contributed by atoms with Gasteiger partial charge in [0.2, 0.25) is 11.8 Å². The third-order valence-electron chi connectivity index (χ3n) is 16.1. The fraction of sp³-hybridized carbons (Fsp3) is 0.577. The number of amides is 3. The molecule has 1 spiro atoms.